The highest BCUT2D eigenvalue weighted by Crippen LogP contribution is 2.27. The monoisotopic (exact) mass is 395 g/mol. The minimum Gasteiger partial charge on any atom is -0.296 e. The lowest BCUT2D eigenvalue weighted by Gasteiger charge is -2.16. The lowest BCUT2D eigenvalue weighted by atomic mass is 10.2. The van der Waals surface area contributed by atoms with Crippen molar-refractivity contribution in [3.63, 3.8) is 0 Å². The van der Waals surface area contributed by atoms with Crippen molar-refractivity contribution in [1.82, 2.24) is 19.7 Å². The molecule has 0 spiro atoms. The van der Waals surface area contributed by atoms with E-state index in [1.165, 1.54) is 18.9 Å². The van der Waals surface area contributed by atoms with E-state index < -0.39 is 0 Å². The average Bonchev–Trinajstić information content (AvgIpc) is 3.37. The molecule has 0 amide bonds. The summed E-state index contributed by atoms with van der Waals surface area (Å²) < 4.78 is 2.10. The third-order valence-electron chi connectivity index (χ3n) is 4.77. The molecule has 1 aliphatic heterocycles. The van der Waals surface area contributed by atoms with Crippen molar-refractivity contribution < 1.29 is 4.92 Å². The average molecular weight is 395 g/mol. The third-order valence-corrected chi connectivity index (χ3v) is 5.77. The number of rotatable bonds is 7. The number of nitrogens with zero attached hydrogens (tertiary/aromatic N) is 5. The first-order chi connectivity index (χ1) is 13.7. The number of benzene rings is 2. The molecule has 1 saturated heterocycles. The Hall–Kier alpha value is -2.71. The number of para-hydroxylation sites is 1. The second-order valence-corrected chi connectivity index (χ2v) is 7.71. The van der Waals surface area contributed by atoms with Gasteiger partial charge < -0.3 is 0 Å². The molecule has 0 unspecified atom stereocenters. The van der Waals surface area contributed by atoms with Crippen molar-refractivity contribution in [2.45, 2.75) is 30.3 Å². The Labute approximate surface area is 167 Å². The van der Waals surface area contributed by atoms with E-state index in [0.717, 1.165) is 41.9 Å². The fourth-order valence-electron chi connectivity index (χ4n) is 3.38. The Kier molecular flexibility index (Phi) is 5.68. The highest BCUT2D eigenvalue weighted by atomic mass is 32.2. The van der Waals surface area contributed by atoms with Gasteiger partial charge >= 0.3 is 0 Å². The van der Waals surface area contributed by atoms with E-state index >= 15 is 0 Å². The van der Waals surface area contributed by atoms with Crippen LogP contribution >= 0.6 is 11.8 Å². The van der Waals surface area contributed by atoms with Gasteiger partial charge in [-0.05, 0) is 43.6 Å². The Morgan fingerprint density at radius 1 is 1.04 bits per heavy atom. The van der Waals surface area contributed by atoms with Crippen molar-refractivity contribution in [1.29, 1.82) is 0 Å². The van der Waals surface area contributed by atoms with Crippen molar-refractivity contribution in [3.05, 3.63) is 76.1 Å². The molecule has 1 aromatic heterocycles. The molecule has 0 N–H and O–H groups in total. The fourth-order valence-corrected chi connectivity index (χ4v) is 4.29. The Bertz CT molecular complexity index is 954. The summed E-state index contributed by atoms with van der Waals surface area (Å²) in [7, 11) is 0. The van der Waals surface area contributed by atoms with Gasteiger partial charge in [-0.2, -0.15) is 0 Å². The quantitative estimate of drug-likeness (QED) is 0.341. The second-order valence-electron chi connectivity index (χ2n) is 6.77. The van der Waals surface area contributed by atoms with Crippen LogP contribution in [0.15, 0.2) is 59.8 Å². The molecule has 0 aliphatic carbocycles. The largest absolute Gasteiger partial charge is 0.296 e. The molecule has 0 saturated carbocycles. The number of hydrogen-bond acceptors (Lipinski definition) is 6. The minimum absolute atomic E-state index is 0.109. The number of likely N-dealkylation sites (tertiary alicyclic amines) is 1. The van der Waals surface area contributed by atoms with E-state index in [0.29, 0.717) is 5.75 Å². The van der Waals surface area contributed by atoms with Crippen LogP contribution in [-0.2, 0) is 12.3 Å². The number of hydrogen-bond donors (Lipinski definition) is 0. The molecule has 0 atom stereocenters. The Balaban J connectivity index is 1.58. The minimum atomic E-state index is -0.366. The summed E-state index contributed by atoms with van der Waals surface area (Å²) >= 11 is 1.54. The van der Waals surface area contributed by atoms with E-state index in [4.69, 9.17) is 0 Å². The van der Waals surface area contributed by atoms with Crippen LogP contribution in [0, 0.1) is 10.1 Å². The maximum Gasteiger partial charge on any atom is 0.269 e. The number of thioether (sulfide) groups is 1. The van der Waals surface area contributed by atoms with Crippen LogP contribution in [0.4, 0.5) is 5.69 Å². The molecule has 0 bridgehead atoms. The first-order valence-electron chi connectivity index (χ1n) is 9.29. The molecule has 8 heteroatoms. The zero-order valence-electron chi connectivity index (χ0n) is 15.4. The van der Waals surface area contributed by atoms with Gasteiger partial charge in [0.1, 0.15) is 0 Å². The molecule has 4 rings (SSSR count). The van der Waals surface area contributed by atoms with Gasteiger partial charge in [0.2, 0.25) is 0 Å². The van der Waals surface area contributed by atoms with E-state index in [9.17, 15) is 10.1 Å². The zero-order valence-corrected chi connectivity index (χ0v) is 16.2. The molecular weight excluding hydrogens is 374 g/mol. The van der Waals surface area contributed by atoms with Crippen LogP contribution in [0.3, 0.4) is 0 Å². The van der Waals surface area contributed by atoms with Gasteiger partial charge in [0, 0.05) is 23.6 Å². The molecule has 2 heterocycles. The third kappa shape index (κ3) is 4.23. The SMILES string of the molecule is O=[N+]([O-])c1cccc(CSc2nnc(CN3CCCC3)n2-c2ccccc2)c1. The van der Waals surface area contributed by atoms with Crippen molar-refractivity contribution in [2.75, 3.05) is 13.1 Å². The highest BCUT2D eigenvalue weighted by Gasteiger charge is 2.19. The van der Waals surface area contributed by atoms with Gasteiger partial charge in [0.05, 0.1) is 11.5 Å². The van der Waals surface area contributed by atoms with Crippen LogP contribution in [0.5, 0.6) is 0 Å². The molecule has 1 fully saturated rings. The summed E-state index contributed by atoms with van der Waals surface area (Å²) in [5, 5.41) is 20.7. The Morgan fingerprint density at radius 3 is 2.57 bits per heavy atom. The summed E-state index contributed by atoms with van der Waals surface area (Å²) in [4.78, 5) is 13.0. The second kappa shape index (κ2) is 8.53. The fraction of sp³-hybridized carbons (Fsp3) is 0.300. The molecule has 3 aromatic rings. The predicted octanol–water partition coefficient (Wildman–Crippen LogP) is 4.06. The Morgan fingerprint density at radius 2 is 1.82 bits per heavy atom. The van der Waals surface area contributed by atoms with Crippen molar-refractivity contribution in [2.24, 2.45) is 0 Å². The van der Waals surface area contributed by atoms with Crippen LogP contribution in [0.25, 0.3) is 5.69 Å². The normalized spacial score (nSPS) is 14.4. The summed E-state index contributed by atoms with van der Waals surface area (Å²) in [5.74, 6) is 1.52. The summed E-state index contributed by atoms with van der Waals surface area (Å²) in [6.07, 6.45) is 2.46. The summed E-state index contributed by atoms with van der Waals surface area (Å²) in [6, 6.07) is 16.8. The van der Waals surface area contributed by atoms with E-state index in [2.05, 4.69) is 19.7 Å². The zero-order chi connectivity index (χ0) is 19.3. The number of aromatic nitrogens is 3. The first-order valence-corrected chi connectivity index (χ1v) is 10.3. The molecule has 7 nitrogen and oxygen atoms in total. The first kappa shape index (κ1) is 18.6. The van der Waals surface area contributed by atoms with Crippen molar-refractivity contribution in [3.8, 4) is 5.69 Å². The van der Waals surface area contributed by atoms with Crippen LogP contribution in [0.1, 0.15) is 24.2 Å². The lowest BCUT2D eigenvalue weighted by Crippen LogP contribution is -2.21. The molecular formula is C20H21N5O2S. The number of nitro groups is 1. The lowest BCUT2D eigenvalue weighted by molar-refractivity contribution is -0.384. The van der Waals surface area contributed by atoms with E-state index in [-0.39, 0.29) is 10.6 Å². The van der Waals surface area contributed by atoms with Gasteiger partial charge in [-0.25, -0.2) is 0 Å². The smallest absolute Gasteiger partial charge is 0.269 e. The molecule has 2 aromatic carbocycles. The topological polar surface area (TPSA) is 77.1 Å². The standard InChI is InChI=1S/C20H21N5O2S/c26-25(27)18-10-6-7-16(13-18)15-28-20-22-21-19(14-23-11-4-5-12-23)24(20)17-8-2-1-3-9-17/h1-3,6-10,13H,4-5,11-12,14-15H2. The van der Waals surface area contributed by atoms with Gasteiger partial charge in [0.15, 0.2) is 11.0 Å². The molecule has 28 heavy (non-hydrogen) atoms. The maximum atomic E-state index is 11.0. The van der Waals surface area contributed by atoms with Gasteiger partial charge in [-0.15, -0.1) is 10.2 Å². The number of non-ortho nitro benzene ring substituents is 1. The molecule has 144 valence electrons. The van der Waals surface area contributed by atoms with Gasteiger partial charge in [-0.3, -0.25) is 19.6 Å². The summed E-state index contributed by atoms with van der Waals surface area (Å²) in [6.45, 7) is 2.97. The van der Waals surface area contributed by atoms with Crippen molar-refractivity contribution >= 4 is 17.4 Å². The molecule has 1 aliphatic rings. The summed E-state index contributed by atoms with van der Waals surface area (Å²) in [5.41, 5.74) is 2.03. The number of nitro benzene ring substituents is 1. The molecule has 0 radical (unpaired) electrons. The highest BCUT2D eigenvalue weighted by molar-refractivity contribution is 7.98. The van der Waals surface area contributed by atoms with E-state index in [1.807, 2.05) is 36.4 Å². The van der Waals surface area contributed by atoms with E-state index in [1.54, 1.807) is 23.9 Å². The predicted molar refractivity (Wildman–Crippen MR) is 109 cm³/mol. The van der Waals surface area contributed by atoms with Crippen LogP contribution < -0.4 is 0 Å². The maximum absolute atomic E-state index is 11.0. The van der Waals surface area contributed by atoms with Crippen LogP contribution in [-0.4, -0.2) is 37.7 Å². The van der Waals surface area contributed by atoms with Crippen LogP contribution in [0.2, 0.25) is 0 Å². The van der Waals surface area contributed by atoms with Gasteiger partial charge in [0.25, 0.3) is 5.69 Å². The van der Waals surface area contributed by atoms with Gasteiger partial charge in [-0.1, -0.05) is 42.1 Å².